The Labute approximate surface area is 132 Å². The van der Waals surface area contributed by atoms with Gasteiger partial charge >= 0.3 is 49.6 Å². The molecule has 0 bridgehead atoms. The summed E-state index contributed by atoms with van der Waals surface area (Å²) in [5, 5.41) is 49.0. The number of hydrogen-bond donors (Lipinski definition) is 2. The summed E-state index contributed by atoms with van der Waals surface area (Å²) in [6.45, 7) is 0. The molecule has 0 fully saturated rings. The molecule has 2 aromatic rings. The Morgan fingerprint density at radius 1 is 0.842 bits per heavy atom. The van der Waals surface area contributed by atoms with Crippen LogP contribution in [-0.4, -0.2) is 77.9 Å². The molecule has 0 spiro atoms. The van der Waals surface area contributed by atoms with Gasteiger partial charge in [0.1, 0.15) is 0 Å². The van der Waals surface area contributed by atoms with Gasteiger partial charge in [0.15, 0.2) is 0 Å². The van der Waals surface area contributed by atoms with Crippen molar-refractivity contribution in [3.63, 3.8) is 0 Å². The van der Waals surface area contributed by atoms with Gasteiger partial charge in [0, 0.05) is 0 Å². The number of aromatic amines is 2. The Morgan fingerprint density at radius 2 is 1.16 bits per heavy atom. The first kappa shape index (κ1) is 16.9. The number of nitro groups is 2. The molecule has 0 atom stereocenters. The molecule has 0 unspecified atom stereocenters. The van der Waals surface area contributed by atoms with Crippen LogP contribution in [0.2, 0.25) is 0 Å². The second-order valence-electron chi connectivity index (χ2n) is 2.40. The average molecular weight is 298 g/mol. The van der Waals surface area contributed by atoms with Crippen molar-refractivity contribution >= 4 is 49.6 Å². The van der Waals surface area contributed by atoms with Crippen LogP contribution < -0.4 is 10.2 Å². The zero-order valence-corrected chi connectivity index (χ0v) is 11.0. The molecule has 19 heavy (non-hydrogen) atoms. The molecule has 0 aliphatic heterocycles. The van der Waals surface area contributed by atoms with Crippen LogP contribution >= 0.6 is 0 Å². The fourth-order valence-corrected chi connectivity index (χ4v) is 0.640. The van der Waals surface area contributed by atoms with Crippen LogP contribution in [0.3, 0.4) is 0 Å². The third-order valence-corrected chi connectivity index (χ3v) is 1.25. The van der Waals surface area contributed by atoms with E-state index < -0.39 is 33.8 Å². The first-order chi connectivity index (χ1) is 8.40. The number of aromatic nitrogens is 6. The largest absolute Gasteiger partial charge is 2.00 e. The van der Waals surface area contributed by atoms with Gasteiger partial charge in [-0.15, -0.1) is 10.2 Å². The fraction of sp³-hybridized carbons (Fsp3) is 0. The predicted molar refractivity (Wildman–Crippen MR) is 50.7 cm³/mol. The van der Waals surface area contributed by atoms with Crippen LogP contribution in [0, 0.1) is 20.2 Å². The van der Waals surface area contributed by atoms with Gasteiger partial charge in [-0.25, -0.2) is 0 Å². The van der Waals surface area contributed by atoms with Crippen LogP contribution in [0.25, 0.3) is 0 Å². The first-order valence-corrected chi connectivity index (χ1v) is 3.87. The van der Waals surface area contributed by atoms with E-state index in [0.29, 0.717) is 0 Å². The van der Waals surface area contributed by atoms with Crippen LogP contribution in [-0.2, 0) is 0 Å². The SMILES string of the molecule is O=[N+]([O-])c1nc([O-])n[nH]1.O=[N+]([O-])c1nc([O-])n[nH]1.[Ca+2]. The van der Waals surface area contributed by atoms with Crippen molar-refractivity contribution in [2.75, 3.05) is 0 Å². The van der Waals surface area contributed by atoms with E-state index in [0.717, 1.165) is 0 Å². The van der Waals surface area contributed by atoms with E-state index in [9.17, 15) is 30.4 Å². The monoisotopic (exact) mass is 298 g/mol. The van der Waals surface area contributed by atoms with Gasteiger partial charge in [-0.1, -0.05) is 20.2 Å². The molecule has 0 saturated carbocycles. The van der Waals surface area contributed by atoms with E-state index in [1.165, 1.54) is 0 Å². The van der Waals surface area contributed by atoms with Gasteiger partial charge in [-0.2, -0.15) is 0 Å². The van der Waals surface area contributed by atoms with Crippen molar-refractivity contribution in [1.82, 2.24) is 30.4 Å². The molecule has 0 saturated heterocycles. The third-order valence-electron chi connectivity index (χ3n) is 1.25. The minimum Gasteiger partial charge on any atom is -0.829 e. The fourth-order valence-electron chi connectivity index (χ4n) is 0.640. The van der Waals surface area contributed by atoms with E-state index in [1.807, 2.05) is 10.2 Å². The van der Waals surface area contributed by atoms with E-state index in [2.05, 4.69) is 20.2 Å². The number of rotatable bonds is 2. The topological polar surface area (TPSA) is 216 Å². The molecule has 0 aromatic carbocycles. The number of H-pyrrole nitrogens is 2. The van der Waals surface area contributed by atoms with Crippen molar-refractivity contribution in [3.05, 3.63) is 20.2 Å². The Hall–Kier alpha value is -2.06. The minimum absolute atomic E-state index is 0. The summed E-state index contributed by atoms with van der Waals surface area (Å²) in [6.07, 6.45) is 0. The molecule has 96 valence electrons. The maximum absolute atomic E-state index is 10.0. The van der Waals surface area contributed by atoms with Crippen LogP contribution in [0.1, 0.15) is 0 Å². The number of nitrogens with one attached hydrogen (secondary N) is 2. The van der Waals surface area contributed by atoms with Crippen LogP contribution in [0.5, 0.6) is 12.0 Å². The standard InChI is InChI=1S/2C2H2N4O3.Ca/c2*7-2-3-1(4-5-2)6(8)9;/h2*(H2,3,4,5,7);/q;;+2/p-2. The molecule has 0 aliphatic carbocycles. The summed E-state index contributed by atoms with van der Waals surface area (Å²) < 4.78 is 0. The molecule has 14 nitrogen and oxygen atoms in total. The molecule has 2 aromatic heterocycles. The van der Waals surface area contributed by atoms with Gasteiger partial charge < -0.3 is 30.4 Å². The smallest absolute Gasteiger partial charge is 0.829 e. The molecular formula is C4H2CaN8O6. The summed E-state index contributed by atoms with van der Waals surface area (Å²) in [4.78, 5) is 23.6. The Morgan fingerprint density at radius 3 is 1.26 bits per heavy atom. The molecular weight excluding hydrogens is 296 g/mol. The predicted octanol–water partition coefficient (Wildman–Crippen LogP) is -2.81. The molecule has 2 N–H and O–H groups in total. The maximum Gasteiger partial charge on any atom is 2.00 e. The van der Waals surface area contributed by atoms with E-state index in [1.54, 1.807) is 0 Å². The molecule has 0 amide bonds. The van der Waals surface area contributed by atoms with Gasteiger partial charge in [0.2, 0.25) is 12.0 Å². The van der Waals surface area contributed by atoms with Crippen molar-refractivity contribution in [2.24, 2.45) is 0 Å². The number of nitrogens with zero attached hydrogens (tertiary/aromatic N) is 6. The average Bonchev–Trinajstić information content (AvgIpc) is 2.88. The molecule has 2 heterocycles. The minimum atomic E-state index is -0.873. The maximum atomic E-state index is 10.0. The van der Waals surface area contributed by atoms with Crippen molar-refractivity contribution in [3.8, 4) is 12.0 Å². The Bertz CT molecular complexity index is 515. The van der Waals surface area contributed by atoms with Gasteiger partial charge in [-0.3, -0.25) is 0 Å². The third kappa shape index (κ3) is 5.40. The quantitative estimate of drug-likeness (QED) is 0.329. The van der Waals surface area contributed by atoms with Crippen LogP contribution in [0.15, 0.2) is 0 Å². The van der Waals surface area contributed by atoms with Crippen molar-refractivity contribution in [2.45, 2.75) is 0 Å². The molecule has 0 radical (unpaired) electrons. The van der Waals surface area contributed by atoms with Gasteiger partial charge in [0.25, 0.3) is 0 Å². The normalized spacial score (nSPS) is 8.84. The van der Waals surface area contributed by atoms with E-state index in [-0.39, 0.29) is 37.7 Å². The summed E-state index contributed by atoms with van der Waals surface area (Å²) in [6, 6.07) is -1.75. The zero-order valence-electron chi connectivity index (χ0n) is 8.84. The second kappa shape index (κ2) is 7.39. The summed E-state index contributed by atoms with van der Waals surface area (Å²) >= 11 is 0. The summed E-state index contributed by atoms with van der Waals surface area (Å²) in [5.74, 6) is -1.25. The molecule has 2 rings (SSSR count). The van der Waals surface area contributed by atoms with Gasteiger partial charge in [-0.05, 0) is 9.85 Å². The Balaban J connectivity index is 0.000000324. The van der Waals surface area contributed by atoms with Gasteiger partial charge in [0.05, 0.1) is 0 Å². The van der Waals surface area contributed by atoms with Crippen LogP contribution in [0.4, 0.5) is 11.9 Å². The zero-order chi connectivity index (χ0) is 13.7. The Kier molecular flexibility index (Phi) is 6.59. The number of hydrogen-bond acceptors (Lipinski definition) is 10. The first-order valence-electron chi connectivity index (χ1n) is 3.87. The van der Waals surface area contributed by atoms with Crippen molar-refractivity contribution < 1.29 is 20.1 Å². The van der Waals surface area contributed by atoms with E-state index in [4.69, 9.17) is 0 Å². The molecule has 15 heteroatoms. The second-order valence-corrected chi connectivity index (χ2v) is 2.40. The van der Waals surface area contributed by atoms with Crippen molar-refractivity contribution in [1.29, 1.82) is 0 Å². The summed E-state index contributed by atoms with van der Waals surface area (Å²) in [5.41, 5.74) is 0. The van der Waals surface area contributed by atoms with E-state index >= 15 is 0 Å². The summed E-state index contributed by atoms with van der Waals surface area (Å²) in [7, 11) is 0. The molecule has 0 aliphatic rings.